The van der Waals surface area contributed by atoms with E-state index in [1.807, 2.05) is 21.1 Å². The summed E-state index contributed by atoms with van der Waals surface area (Å²) in [5.41, 5.74) is 0.596. The largest absolute Gasteiger partial charge is 0.349 e. The molecule has 1 unspecified atom stereocenters. The van der Waals surface area contributed by atoms with E-state index in [9.17, 15) is 4.79 Å². The molecule has 0 aliphatic heterocycles. The van der Waals surface area contributed by atoms with Crippen LogP contribution in [0, 0.1) is 0 Å². The molecule has 1 aromatic rings. The number of hydrogen-bond acceptors (Lipinski definition) is 3. The zero-order valence-electron chi connectivity index (χ0n) is 11.1. The lowest BCUT2D eigenvalue weighted by Crippen LogP contribution is -2.40. The first-order chi connectivity index (χ1) is 8.06. The highest BCUT2D eigenvalue weighted by Gasteiger charge is 2.14. The van der Waals surface area contributed by atoms with Crippen molar-refractivity contribution in [2.75, 3.05) is 20.6 Å². The molecule has 0 aliphatic rings. The van der Waals surface area contributed by atoms with E-state index in [4.69, 9.17) is 0 Å². The fourth-order valence-corrected chi connectivity index (χ4v) is 1.75. The molecule has 1 rings (SSSR count). The van der Waals surface area contributed by atoms with Gasteiger partial charge in [0.15, 0.2) is 0 Å². The van der Waals surface area contributed by atoms with Gasteiger partial charge in [-0.25, -0.2) is 4.98 Å². The van der Waals surface area contributed by atoms with E-state index in [0.29, 0.717) is 18.3 Å². The van der Waals surface area contributed by atoms with Crippen molar-refractivity contribution in [1.82, 2.24) is 19.8 Å². The summed E-state index contributed by atoms with van der Waals surface area (Å²) < 4.78 is 1.72. The van der Waals surface area contributed by atoms with E-state index >= 15 is 0 Å². The van der Waals surface area contributed by atoms with Gasteiger partial charge in [0.05, 0.1) is 12.5 Å². The second-order valence-corrected chi connectivity index (χ2v) is 4.51. The van der Waals surface area contributed by atoms with Gasteiger partial charge in [-0.15, -0.1) is 0 Å². The first-order valence-corrected chi connectivity index (χ1v) is 5.97. The third-order valence-corrected chi connectivity index (χ3v) is 2.90. The molecule has 1 atom stereocenters. The maximum absolute atomic E-state index is 11.9. The van der Waals surface area contributed by atoms with Gasteiger partial charge in [-0.2, -0.15) is 0 Å². The SMILES string of the molecule is CCCC(CNC(=O)c1cncn1C)N(C)C. The molecule has 0 radical (unpaired) electrons. The molecule has 0 bridgehead atoms. The molecule has 96 valence electrons. The number of carbonyl (C=O) groups is 1. The monoisotopic (exact) mass is 238 g/mol. The van der Waals surface area contributed by atoms with Crippen LogP contribution >= 0.6 is 0 Å². The molecule has 1 amide bonds. The molecule has 0 aromatic carbocycles. The first kappa shape index (κ1) is 13.7. The number of aryl methyl sites for hydroxylation is 1. The van der Waals surface area contributed by atoms with Crippen LogP contribution in [0.1, 0.15) is 30.3 Å². The average molecular weight is 238 g/mol. The van der Waals surface area contributed by atoms with Gasteiger partial charge < -0.3 is 14.8 Å². The summed E-state index contributed by atoms with van der Waals surface area (Å²) in [5.74, 6) is -0.0621. The quantitative estimate of drug-likeness (QED) is 0.800. The van der Waals surface area contributed by atoms with Crippen LogP contribution < -0.4 is 5.32 Å². The van der Waals surface area contributed by atoms with Crippen molar-refractivity contribution < 1.29 is 4.79 Å². The average Bonchev–Trinajstić information content (AvgIpc) is 2.69. The Morgan fingerprint density at radius 3 is 2.76 bits per heavy atom. The van der Waals surface area contributed by atoms with Crippen LogP contribution in [0.15, 0.2) is 12.5 Å². The summed E-state index contributed by atoms with van der Waals surface area (Å²) in [6.45, 7) is 2.82. The minimum Gasteiger partial charge on any atom is -0.349 e. The zero-order valence-corrected chi connectivity index (χ0v) is 11.1. The van der Waals surface area contributed by atoms with Crippen LogP contribution in [0.5, 0.6) is 0 Å². The molecule has 1 aromatic heterocycles. The van der Waals surface area contributed by atoms with Crippen LogP contribution in [0.2, 0.25) is 0 Å². The van der Waals surface area contributed by atoms with Crippen molar-refractivity contribution >= 4 is 5.91 Å². The number of nitrogens with zero attached hydrogens (tertiary/aromatic N) is 3. The fourth-order valence-electron chi connectivity index (χ4n) is 1.75. The van der Waals surface area contributed by atoms with E-state index < -0.39 is 0 Å². The second kappa shape index (κ2) is 6.39. The molecular formula is C12H22N4O. The van der Waals surface area contributed by atoms with Gasteiger partial charge in [0.25, 0.3) is 5.91 Å². The summed E-state index contributed by atoms with van der Waals surface area (Å²) in [6.07, 6.45) is 5.41. The molecule has 0 fully saturated rings. The van der Waals surface area contributed by atoms with Crippen molar-refractivity contribution in [2.24, 2.45) is 7.05 Å². The fraction of sp³-hybridized carbons (Fsp3) is 0.667. The van der Waals surface area contributed by atoms with Gasteiger partial charge in [-0.1, -0.05) is 13.3 Å². The van der Waals surface area contributed by atoms with Gasteiger partial charge in [0.2, 0.25) is 0 Å². The van der Waals surface area contributed by atoms with E-state index in [-0.39, 0.29) is 5.91 Å². The highest BCUT2D eigenvalue weighted by atomic mass is 16.1. The van der Waals surface area contributed by atoms with Gasteiger partial charge in [0.1, 0.15) is 5.69 Å². The predicted octanol–water partition coefficient (Wildman–Crippen LogP) is 0.880. The Labute approximate surface area is 103 Å². The van der Waals surface area contributed by atoms with E-state index in [1.54, 1.807) is 17.1 Å². The normalized spacial score (nSPS) is 12.8. The summed E-state index contributed by atoms with van der Waals surface area (Å²) in [5, 5.41) is 2.95. The van der Waals surface area contributed by atoms with Crippen molar-refractivity contribution in [3.8, 4) is 0 Å². The van der Waals surface area contributed by atoms with Gasteiger partial charge in [0, 0.05) is 19.6 Å². The Balaban J connectivity index is 2.49. The van der Waals surface area contributed by atoms with E-state index in [2.05, 4.69) is 22.1 Å². The van der Waals surface area contributed by atoms with Crippen LogP contribution in [0.4, 0.5) is 0 Å². The zero-order chi connectivity index (χ0) is 12.8. The Kier molecular flexibility index (Phi) is 5.15. The van der Waals surface area contributed by atoms with Gasteiger partial charge in [-0.05, 0) is 20.5 Å². The number of nitrogens with one attached hydrogen (secondary N) is 1. The molecular weight excluding hydrogens is 216 g/mol. The number of hydrogen-bond donors (Lipinski definition) is 1. The number of aromatic nitrogens is 2. The summed E-state index contributed by atoms with van der Waals surface area (Å²) >= 11 is 0. The van der Waals surface area contributed by atoms with Crippen molar-refractivity contribution in [2.45, 2.75) is 25.8 Å². The molecule has 1 N–H and O–H groups in total. The maximum Gasteiger partial charge on any atom is 0.269 e. The topological polar surface area (TPSA) is 50.2 Å². The number of imidazole rings is 1. The Morgan fingerprint density at radius 1 is 1.59 bits per heavy atom. The Morgan fingerprint density at radius 2 is 2.29 bits per heavy atom. The number of likely N-dealkylation sites (N-methyl/N-ethyl adjacent to an activating group) is 1. The number of carbonyl (C=O) groups excluding carboxylic acids is 1. The summed E-state index contributed by atoms with van der Waals surface area (Å²) in [7, 11) is 5.89. The molecule has 0 spiro atoms. The van der Waals surface area contributed by atoms with Gasteiger partial charge >= 0.3 is 0 Å². The van der Waals surface area contributed by atoms with Crippen LogP contribution in [-0.2, 0) is 7.05 Å². The standard InChI is InChI=1S/C12H22N4O/c1-5-6-10(15(2)3)7-14-12(17)11-8-13-9-16(11)4/h8-10H,5-7H2,1-4H3,(H,14,17). The molecule has 0 saturated carbocycles. The van der Waals surface area contributed by atoms with Gasteiger partial charge in [-0.3, -0.25) is 4.79 Å². The third kappa shape index (κ3) is 3.85. The highest BCUT2D eigenvalue weighted by Crippen LogP contribution is 2.02. The number of rotatable bonds is 6. The molecule has 5 nitrogen and oxygen atoms in total. The van der Waals surface area contributed by atoms with Crippen LogP contribution in [0.3, 0.4) is 0 Å². The first-order valence-electron chi connectivity index (χ1n) is 5.97. The van der Waals surface area contributed by atoms with E-state index in [0.717, 1.165) is 12.8 Å². The smallest absolute Gasteiger partial charge is 0.269 e. The Bertz CT molecular complexity index is 359. The predicted molar refractivity (Wildman–Crippen MR) is 67.9 cm³/mol. The lowest BCUT2D eigenvalue weighted by atomic mass is 10.1. The van der Waals surface area contributed by atoms with Crippen molar-refractivity contribution in [3.63, 3.8) is 0 Å². The maximum atomic E-state index is 11.9. The summed E-state index contributed by atoms with van der Waals surface area (Å²) in [6, 6.07) is 0.386. The highest BCUT2D eigenvalue weighted by molar-refractivity contribution is 5.92. The molecule has 1 heterocycles. The van der Waals surface area contributed by atoms with Crippen LogP contribution in [-0.4, -0.2) is 47.0 Å². The van der Waals surface area contributed by atoms with Crippen molar-refractivity contribution in [1.29, 1.82) is 0 Å². The number of amides is 1. The molecule has 0 aliphatic carbocycles. The lowest BCUT2D eigenvalue weighted by molar-refractivity contribution is 0.0932. The third-order valence-electron chi connectivity index (χ3n) is 2.90. The summed E-state index contributed by atoms with van der Waals surface area (Å²) in [4.78, 5) is 17.9. The van der Waals surface area contributed by atoms with Crippen LogP contribution in [0.25, 0.3) is 0 Å². The van der Waals surface area contributed by atoms with E-state index in [1.165, 1.54) is 0 Å². The molecule has 17 heavy (non-hydrogen) atoms. The minimum atomic E-state index is -0.0621. The van der Waals surface area contributed by atoms with Crippen molar-refractivity contribution in [3.05, 3.63) is 18.2 Å². The Hall–Kier alpha value is -1.36. The minimum absolute atomic E-state index is 0.0621. The molecule has 5 heteroatoms. The second-order valence-electron chi connectivity index (χ2n) is 4.51. The molecule has 0 saturated heterocycles. The lowest BCUT2D eigenvalue weighted by Gasteiger charge is -2.24.